The summed E-state index contributed by atoms with van der Waals surface area (Å²) >= 11 is 0. The maximum absolute atomic E-state index is 12.1. The molecule has 0 aliphatic heterocycles. The molecule has 118 valence electrons. The van der Waals surface area contributed by atoms with Crippen LogP contribution >= 0.6 is 0 Å². The van der Waals surface area contributed by atoms with Crippen LogP contribution in [0.25, 0.3) is 0 Å². The molecule has 1 atom stereocenters. The molecule has 1 aromatic rings. The van der Waals surface area contributed by atoms with Crippen molar-refractivity contribution in [1.82, 2.24) is 20.2 Å². The standard InChI is InChI=1S/C16H28N4O/c1-6-20(7-2)14(8-12(3)4)10-19-16(21)15-11-17-13(5)9-18-15/h9,11-12,14H,6-8,10H2,1-5H3,(H,19,21). The molecule has 1 aromatic heterocycles. The van der Waals surface area contributed by atoms with Gasteiger partial charge in [-0.25, -0.2) is 4.98 Å². The number of rotatable bonds is 8. The second-order valence-electron chi connectivity index (χ2n) is 5.76. The molecule has 0 aliphatic rings. The molecular formula is C16H28N4O. The van der Waals surface area contributed by atoms with Crippen molar-refractivity contribution in [3.63, 3.8) is 0 Å². The number of aryl methyl sites for hydroxylation is 1. The number of hydrogen-bond donors (Lipinski definition) is 1. The molecule has 0 saturated heterocycles. The zero-order chi connectivity index (χ0) is 15.8. The molecule has 21 heavy (non-hydrogen) atoms. The maximum atomic E-state index is 12.1. The summed E-state index contributed by atoms with van der Waals surface area (Å²) in [5.41, 5.74) is 1.19. The molecule has 0 spiro atoms. The number of aromatic nitrogens is 2. The molecule has 1 heterocycles. The summed E-state index contributed by atoms with van der Waals surface area (Å²) < 4.78 is 0. The third-order valence-electron chi connectivity index (χ3n) is 3.58. The van der Waals surface area contributed by atoms with Crippen molar-refractivity contribution in [3.05, 3.63) is 23.8 Å². The van der Waals surface area contributed by atoms with Crippen LogP contribution in [0.3, 0.4) is 0 Å². The van der Waals surface area contributed by atoms with Crippen LogP contribution in [-0.4, -0.2) is 46.5 Å². The first kappa shape index (κ1) is 17.6. The van der Waals surface area contributed by atoms with E-state index < -0.39 is 0 Å². The summed E-state index contributed by atoms with van der Waals surface area (Å²) in [7, 11) is 0. The number of carbonyl (C=O) groups excluding carboxylic acids is 1. The molecule has 0 saturated carbocycles. The third kappa shape index (κ3) is 5.79. The largest absolute Gasteiger partial charge is 0.349 e. The van der Waals surface area contributed by atoms with Crippen LogP contribution in [0, 0.1) is 12.8 Å². The highest BCUT2D eigenvalue weighted by Gasteiger charge is 2.18. The van der Waals surface area contributed by atoms with Crippen LogP contribution in [0.2, 0.25) is 0 Å². The first-order chi connectivity index (χ1) is 9.97. The average Bonchev–Trinajstić information content (AvgIpc) is 2.45. The van der Waals surface area contributed by atoms with Crippen LogP contribution in [-0.2, 0) is 0 Å². The monoisotopic (exact) mass is 292 g/mol. The van der Waals surface area contributed by atoms with Gasteiger partial charge >= 0.3 is 0 Å². The minimum Gasteiger partial charge on any atom is -0.349 e. The molecule has 1 N–H and O–H groups in total. The van der Waals surface area contributed by atoms with Crippen LogP contribution in [0.5, 0.6) is 0 Å². The van der Waals surface area contributed by atoms with Crippen LogP contribution in [0.15, 0.2) is 12.4 Å². The fraction of sp³-hybridized carbons (Fsp3) is 0.688. The number of nitrogens with zero attached hydrogens (tertiary/aromatic N) is 3. The van der Waals surface area contributed by atoms with Crippen LogP contribution < -0.4 is 5.32 Å². The summed E-state index contributed by atoms with van der Waals surface area (Å²) in [5.74, 6) is 0.454. The Labute approximate surface area is 128 Å². The Kier molecular flexibility index (Phi) is 7.29. The van der Waals surface area contributed by atoms with E-state index in [4.69, 9.17) is 0 Å². The molecule has 0 bridgehead atoms. The topological polar surface area (TPSA) is 58.1 Å². The summed E-state index contributed by atoms with van der Waals surface area (Å²) in [4.78, 5) is 22.7. The van der Waals surface area contributed by atoms with E-state index in [1.54, 1.807) is 6.20 Å². The quantitative estimate of drug-likeness (QED) is 0.798. The Hall–Kier alpha value is -1.49. The summed E-state index contributed by atoms with van der Waals surface area (Å²) in [6.07, 6.45) is 4.21. The molecule has 5 heteroatoms. The first-order valence-electron chi connectivity index (χ1n) is 7.78. The van der Waals surface area contributed by atoms with Gasteiger partial charge in [-0.2, -0.15) is 0 Å². The fourth-order valence-electron chi connectivity index (χ4n) is 2.46. The summed E-state index contributed by atoms with van der Waals surface area (Å²) in [5, 5.41) is 2.99. The Morgan fingerprint density at radius 3 is 2.38 bits per heavy atom. The highest BCUT2D eigenvalue weighted by Crippen LogP contribution is 2.11. The number of hydrogen-bond acceptors (Lipinski definition) is 4. The lowest BCUT2D eigenvalue weighted by molar-refractivity contribution is 0.0923. The van der Waals surface area contributed by atoms with Crippen molar-refractivity contribution in [3.8, 4) is 0 Å². The van der Waals surface area contributed by atoms with Gasteiger partial charge in [0.1, 0.15) is 5.69 Å². The molecule has 0 radical (unpaired) electrons. The van der Waals surface area contributed by atoms with Gasteiger partial charge in [0, 0.05) is 18.8 Å². The number of nitrogens with one attached hydrogen (secondary N) is 1. The van der Waals surface area contributed by atoms with Crippen molar-refractivity contribution in [1.29, 1.82) is 0 Å². The first-order valence-corrected chi connectivity index (χ1v) is 7.78. The Morgan fingerprint density at radius 2 is 1.90 bits per heavy atom. The van der Waals surface area contributed by atoms with Crippen molar-refractivity contribution in [2.45, 2.75) is 47.1 Å². The fourth-order valence-corrected chi connectivity index (χ4v) is 2.46. The molecule has 1 rings (SSSR count). The van der Waals surface area contributed by atoms with E-state index in [1.165, 1.54) is 6.20 Å². The minimum absolute atomic E-state index is 0.150. The lowest BCUT2D eigenvalue weighted by atomic mass is 10.0. The molecular weight excluding hydrogens is 264 g/mol. The summed E-state index contributed by atoms with van der Waals surface area (Å²) in [6.45, 7) is 13.2. The smallest absolute Gasteiger partial charge is 0.271 e. The Balaban J connectivity index is 2.62. The van der Waals surface area contributed by atoms with Gasteiger partial charge in [-0.15, -0.1) is 0 Å². The SMILES string of the molecule is CCN(CC)C(CNC(=O)c1cnc(C)cn1)CC(C)C. The predicted octanol–water partition coefficient (Wildman–Crippen LogP) is 2.27. The van der Waals surface area contributed by atoms with Gasteiger partial charge in [0.25, 0.3) is 5.91 Å². The van der Waals surface area contributed by atoms with Gasteiger partial charge in [0.05, 0.1) is 11.9 Å². The lowest BCUT2D eigenvalue weighted by Gasteiger charge is -2.31. The van der Waals surface area contributed by atoms with Gasteiger partial charge in [0.2, 0.25) is 0 Å². The molecule has 5 nitrogen and oxygen atoms in total. The number of likely N-dealkylation sites (N-methyl/N-ethyl adjacent to an activating group) is 1. The zero-order valence-corrected chi connectivity index (χ0v) is 13.9. The Morgan fingerprint density at radius 1 is 1.24 bits per heavy atom. The normalized spacial score (nSPS) is 12.7. The van der Waals surface area contributed by atoms with Gasteiger partial charge in [0.15, 0.2) is 0 Å². The van der Waals surface area contributed by atoms with Crippen molar-refractivity contribution >= 4 is 5.91 Å². The molecule has 1 unspecified atom stereocenters. The number of amides is 1. The van der Waals surface area contributed by atoms with Crippen LogP contribution in [0.1, 0.15) is 50.3 Å². The molecule has 0 aliphatic carbocycles. The average molecular weight is 292 g/mol. The van der Waals surface area contributed by atoms with Crippen molar-refractivity contribution in [2.75, 3.05) is 19.6 Å². The highest BCUT2D eigenvalue weighted by atomic mass is 16.1. The molecule has 0 aromatic carbocycles. The van der Waals surface area contributed by atoms with E-state index in [0.717, 1.165) is 25.2 Å². The number of carbonyl (C=O) groups is 1. The van der Waals surface area contributed by atoms with Gasteiger partial charge in [-0.3, -0.25) is 14.7 Å². The van der Waals surface area contributed by atoms with Crippen LogP contribution in [0.4, 0.5) is 0 Å². The van der Waals surface area contributed by atoms with Gasteiger partial charge in [-0.1, -0.05) is 27.7 Å². The van der Waals surface area contributed by atoms with E-state index in [2.05, 4.69) is 47.9 Å². The van der Waals surface area contributed by atoms with E-state index in [-0.39, 0.29) is 5.91 Å². The second kappa shape index (κ2) is 8.72. The molecule has 1 amide bonds. The summed E-state index contributed by atoms with van der Waals surface area (Å²) in [6, 6.07) is 0.363. The second-order valence-corrected chi connectivity index (χ2v) is 5.76. The predicted molar refractivity (Wildman–Crippen MR) is 85.3 cm³/mol. The van der Waals surface area contributed by atoms with Crippen molar-refractivity contribution < 1.29 is 4.79 Å². The van der Waals surface area contributed by atoms with E-state index in [9.17, 15) is 4.79 Å². The van der Waals surface area contributed by atoms with E-state index in [1.807, 2.05) is 6.92 Å². The van der Waals surface area contributed by atoms with E-state index in [0.29, 0.717) is 24.2 Å². The molecule has 0 fully saturated rings. The Bertz CT molecular complexity index is 426. The van der Waals surface area contributed by atoms with Gasteiger partial charge < -0.3 is 5.32 Å². The minimum atomic E-state index is -0.150. The zero-order valence-electron chi connectivity index (χ0n) is 13.9. The maximum Gasteiger partial charge on any atom is 0.271 e. The van der Waals surface area contributed by atoms with Crippen molar-refractivity contribution in [2.24, 2.45) is 5.92 Å². The third-order valence-corrected chi connectivity index (χ3v) is 3.58. The highest BCUT2D eigenvalue weighted by molar-refractivity contribution is 5.91. The van der Waals surface area contributed by atoms with E-state index >= 15 is 0 Å². The lowest BCUT2D eigenvalue weighted by Crippen LogP contribution is -2.44. The van der Waals surface area contributed by atoms with Gasteiger partial charge in [-0.05, 0) is 32.4 Å².